The van der Waals surface area contributed by atoms with Crippen molar-refractivity contribution in [1.82, 2.24) is 4.72 Å². The van der Waals surface area contributed by atoms with Gasteiger partial charge in [-0.3, -0.25) is 0 Å². The largest absolute Gasteiger partial charge is 0.215 e. The third kappa shape index (κ3) is 6.14. The van der Waals surface area contributed by atoms with Crippen LogP contribution in [0.2, 0.25) is 15.1 Å². The van der Waals surface area contributed by atoms with Crippen LogP contribution in [-0.4, -0.2) is 20.7 Å². The molecule has 0 spiro atoms. The summed E-state index contributed by atoms with van der Waals surface area (Å²) in [6.07, 6.45) is 0. The first kappa shape index (κ1) is 19.9. The highest BCUT2D eigenvalue weighted by atomic mass is 35.5. The van der Waals surface area contributed by atoms with Crippen molar-refractivity contribution in [3.63, 3.8) is 0 Å². The first-order valence-electron chi connectivity index (χ1n) is 7.10. The molecule has 0 amide bonds. The normalized spacial score (nSPS) is 11.6. The zero-order chi connectivity index (χ0) is 17.6. The Hall–Kier alpha value is -0.430. The Morgan fingerprint density at radius 3 is 2.21 bits per heavy atom. The molecular formula is C16H16Cl3NO2S2. The van der Waals surface area contributed by atoms with Gasteiger partial charge in [0.15, 0.2) is 0 Å². The van der Waals surface area contributed by atoms with E-state index in [1.807, 2.05) is 24.3 Å². The summed E-state index contributed by atoms with van der Waals surface area (Å²) in [5.74, 6) is 1.14. The third-order valence-corrected chi connectivity index (χ3v) is 6.58. The number of hydrogen-bond donors (Lipinski definition) is 1. The van der Waals surface area contributed by atoms with Gasteiger partial charge >= 0.3 is 0 Å². The van der Waals surface area contributed by atoms with Crippen molar-refractivity contribution in [2.75, 3.05) is 12.3 Å². The van der Waals surface area contributed by atoms with Crippen molar-refractivity contribution in [2.45, 2.75) is 11.5 Å². The molecule has 0 unspecified atom stereocenters. The molecule has 0 aliphatic carbocycles. The van der Waals surface area contributed by atoms with Crippen LogP contribution in [0, 0.1) is 0 Å². The Balaban J connectivity index is 1.80. The van der Waals surface area contributed by atoms with Crippen LogP contribution in [0.5, 0.6) is 0 Å². The molecule has 2 rings (SSSR count). The molecule has 2 aromatic rings. The summed E-state index contributed by atoms with van der Waals surface area (Å²) in [6.45, 7) is 0.333. The molecule has 0 saturated heterocycles. The van der Waals surface area contributed by atoms with Crippen LogP contribution in [0.4, 0.5) is 0 Å². The lowest BCUT2D eigenvalue weighted by molar-refractivity contribution is 0.583. The van der Waals surface area contributed by atoms with Gasteiger partial charge in [0, 0.05) is 38.7 Å². The molecule has 8 heteroatoms. The lowest BCUT2D eigenvalue weighted by atomic mass is 10.2. The SMILES string of the molecule is O=S(=O)(Cc1c(Cl)cccc1Cl)NCCSCc1ccccc1Cl. The van der Waals surface area contributed by atoms with E-state index in [1.165, 1.54) is 0 Å². The number of nitrogens with one attached hydrogen (secondary N) is 1. The number of sulfonamides is 1. The predicted octanol–water partition coefficient (Wildman–Crippen LogP) is 5.00. The molecule has 0 atom stereocenters. The van der Waals surface area contributed by atoms with E-state index >= 15 is 0 Å². The summed E-state index contributed by atoms with van der Waals surface area (Å²) < 4.78 is 26.8. The van der Waals surface area contributed by atoms with Gasteiger partial charge in [-0.25, -0.2) is 13.1 Å². The first-order valence-corrected chi connectivity index (χ1v) is 11.0. The van der Waals surface area contributed by atoms with Gasteiger partial charge in [0.05, 0.1) is 5.75 Å². The maximum atomic E-state index is 12.1. The second-order valence-electron chi connectivity index (χ2n) is 5.00. The molecule has 0 fully saturated rings. The standard InChI is InChI=1S/C16H16Cl3NO2S2/c17-14-5-2-1-4-12(14)10-23-9-8-20-24(21,22)11-13-15(18)6-3-7-16(13)19/h1-7,20H,8-11H2. The van der Waals surface area contributed by atoms with Gasteiger partial charge in [0.25, 0.3) is 0 Å². The minimum Gasteiger partial charge on any atom is -0.214 e. The van der Waals surface area contributed by atoms with Crippen LogP contribution >= 0.6 is 46.6 Å². The van der Waals surface area contributed by atoms with E-state index in [0.717, 1.165) is 16.3 Å². The molecule has 130 valence electrons. The Kier molecular flexibility index (Phi) is 7.72. The van der Waals surface area contributed by atoms with Crippen LogP contribution in [0.1, 0.15) is 11.1 Å². The number of thioether (sulfide) groups is 1. The van der Waals surface area contributed by atoms with Crippen molar-refractivity contribution in [3.8, 4) is 0 Å². The van der Waals surface area contributed by atoms with Gasteiger partial charge < -0.3 is 0 Å². The van der Waals surface area contributed by atoms with E-state index < -0.39 is 10.0 Å². The van der Waals surface area contributed by atoms with E-state index in [1.54, 1.807) is 30.0 Å². The molecule has 0 aliphatic heterocycles. The van der Waals surface area contributed by atoms with Gasteiger partial charge in [-0.15, -0.1) is 0 Å². The quantitative estimate of drug-likeness (QED) is 0.607. The molecule has 0 heterocycles. The molecule has 2 aromatic carbocycles. The van der Waals surface area contributed by atoms with Gasteiger partial charge in [-0.2, -0.15) is 11.8 Å². The molecule has 3 nitrogen and oxygen atoms in total. The monoisotopic (exact) mass is 423 g/mol. The van der Waals surface area contributed by atoms with Crippen molar-refractivity contribution in [3.05, 3.63) is 68.7 Å². The zero-order valence-corrected chi connectivity index (χ0v) is 16.5. The van der Waals surface area contributed by atoms with Crippen LogP contribution in [-0.2, 0) is 21.5 Å². The van der Waals surface area contributed by atoms with E-state index in [9.17, 15) is 8.42 Å². The molecule has 0 radical (unpaired) electrons. The van der Waals surface area contributed by atoms with Gasteiger partial charge in [-0.1, -0.05) is 59.1 Å². The molecule has 0 aliphatic rings. The number of hydrogen-bond acceptors (Lipinski definition) is 3. The van der Waals surface area contributed by atoms with Crippen LogP contribution in [0.15, 0.2) is 42.5 Å². The summed E-state index contributed by atoms with van der Waals surface area (Å²) in [6, 6.07) is 12.5. The van der Waals surface area contributed by atoms with E-state index in [0.29, 0.717) is 27.9 Å². The summed E-state index contributed by atoms with van der Waals surface area (Å²) in [4.78, 5) is 0. The third-order valence-electron chi connectivity index (χ3n) is 3.18. The fraction of sp³-hybridized carbons (Fsp3) is 0.250. The summed E-state index contributed by atoms with van der Waals surface area (Å²) in [7, 11) is -3.49. The average Bonchev–Trinajstić information content (AvgIpc) is 2.52. The second kappa shape index (κ2) is 9.32. The zero-order valence-electron chi connectivity index (χ0n) is 12.6. The van der Waals surface area contributed by atoms with Crippen LogP contribution in [0.3, 0.4) is 0 Å². The number of rotatable bonds is 8. The van der Waals surface area contributed by atoms with Gasteiger partial charge in [0.1, 0.15) is 0 Å². The highest BCUT2D eigenvalue weighted by molar-refractivity contribution is 7.98. The minimum absolute atomic E-state index is 0.235. The molecule has 1 N–H and O–H groups in total. The number of halogens is 3. The lowest BCUT2D eigenvalue weighted by Crippen LogP contribution is -2.27. The predicted molar refractivity (Wildman–Crippen MR) is 105 cm³/mol. The Bertz CT molecular complexity index is 777. The maximum Gasteiger partial charge on any atom is 0.215 e. The summed E-state index contributed by atoms with van der Waals surface area (Å²) in [5.41, 5.74) is 1.45. The van der Waals surface area contributed by atoms with Crippen LogP contribution in [0.25, 0.3) is 0 Å². The van der Waals surface area contributed by atoms with Gasteiger partial charge in [0.2, 0.25) is 10.0 Å². The van der Waals surface area contributed by atoms with Crippen molar-refractivity contribution < 1.29 is 8.42 Å². The minimum atomic E-state index is -3.49. The van der Waals surface area contributed by atoms with E-state index in [2.05, 4.69) is 4.72 Å². The molecular weight excluding hydrogens is 409 g/mol. The van der Waals surface area contributed by atoms with Crippen molar-refractivity contribution in [1.29, 1.82) is 0 Å². The summed E-state index contributed by atoms with van der Waals surface area (Å²) >= 11 is 19.7. The summed E-state index contributed by atoms with van der Waals surface area (Å²) in [5, 5.41) is 1.42. The highest BCUT2D eigenvalue weighted by Gasteiger charge is 2.16. The molecule has 24 heavy (non-hydrogen) atoms. The van der Waals surface area contributed by atoms with Crippen molar-refractivity contribution >= 4 is 56.6 Å². The van der Waals surface area contributed by atoms with Crippen molar-refractivity contribution in [2.24, 2.45) is 0 Å². The van der Waals surface area contributed by atoms with E-state index in [-0.39, 0.29) is 5.75 Å². The first-order chi connectivity index (χ1) is 11.4. The Morgan fingerprint density at radius 2 is 1.54 bits per heavy atom. The maximum absolute atomic E-state index is 12.1. The fourth-order valence-electron chi connectivity index (χ4n) is 1.98. The van der Waals surface area contributed by atoms with Gasteiger partial charge in [-0.05, 0) is 23.8 Å². The Labute approximate surface area is 161 Å². The molecule has 0 bridgehead atoms. The molecule has 0 saturated carbocycles. The Morgan fingerprint density at radius 1 is 0.917 bits per heavy atom. The topological polar surface area (TPSA) is 46.2 Å². The smallest absolute Gasteiger partial charge is 0.214 e. The second-order valence-corrected chi connectivity index (χ2v) is 9.13. The molecule has 0 aromatic heterocycles. The number of benzene rings is 2. The van der Waals surface area contributed by atoms with E-state index in [4.69, 9.17) is 34.8 Å². The van der Waals surface area contributed by atoms with Crippen LogP contribution < -0.4 is 4.72 Å². The average molecular weight is 425 g/mol. The highest BCUT2D eigenvalue weighted by Crippen LogP contribution is 2.26. The lowest BCUT2D eigenvalue weighted by Gasteiger charge is -2.09. The fourth-order valence-corrected chi connectivity index (χ4v) is 5.15.